The molecule has 1 aromatic heterocycles. The predicted octanol–water partition coefficient (Wildman–Crippen LogP) is 2.47. The molecule has 1 fully saturated rings. The lowest BCUT2D eigenvalue weighted by atomic mass is 10.1. The van der Waals surface area contributed by atoms with Gasteiger partial charge in [0, 0.05) is 31.5 Å². The first-order chi connectivity index (χ1) is 13.5. The molecule has 8 heteroatoms. The van der Waals surface area contributed by atoms with Crippen LogP contribution in [-0.4, -0.2) is 50.4 Å². The zero-order chi connectivity index (χ0) is 19.7. The van der Waals surface area contributed by atoms with Gasteiger partial charge in [-0.2, -0.15) is 4.31 Å². The highest BCUT2D eigenvalue weighted by molar-refractivity contribution is 7.89. The number of piperidine rings is 1. The highest BCUT2D eigenvalue weighted by Crippen LogP contribution is 2.33. The summed E-state index contributed by atoms with van der Waals surface area (Å²) < 4.78 is 32.6. The zero-order valence-corrected chi connectivity index (χ0v) is 16.6. The molecule has 0 aliphatic carbocycles. The molecule has 28 heavy (non-hydrogen) atoms. The first-order valence-electron chi connectivity index (χ1n) is 9.46. The lowest BCUT2D eigenvalue weighted by Gasteiger charge is -2.26. The summed E-state index contributed by atoms with van der Waals surface area (Å²) >= 11 is 0. The van der Waals surface area contributed by atoms with E-state index in [2.05, 4.69) is 4.98 Å². The number of nitrogens with zero attached hydrogens (tertiary/aromatic N) is 3. The molecule has 1 aromatic carbocycles. The normalized spacial score (nSPS) is 17.4. The smallest absolute Gasteiger partial charge is 0.263 e. The molecule has 1 amide bonds. The maximum Gasteiger partial charge on any atom is 0.263 e. The second-order valence-corrected chi connectivity index (χ2v) is 8.96. The summed E-state index contributed by atoms with van der Waals surface area (Å²) in [5, 5.41) is 0. The lowest BCUT2D eigenvalue weighted by Crippen LogP contribution is -2.35. The van der Waals surface area contributed by atoms with Gasteiger partial charge in [0.15, 0.2) is 0 Å². The van der Waals surface area contributed by atoms with E-state index in [1.165, 1.54) is 7.11 Å². The molecule has 0 radical (unpaired) electrons. The summed E-state index contributed by atoms with van der Waals surface area (Å²) in [6, 6.07) is 8.43. The molecule has 148 valence electrons. The van der Waals surface area contributed by atoms with E-state index in [0.29, 0.717) is 36.5 Å². The zero-order valence-electron chi connectivity index (χ0n) is 15.8. The summed E-state index contributed by atoms with van der Waals surface area (Å²) in [5.41, 5.74) is 2.01. The molecular weight excluding hydrogens is 378 g/mol. The first-order valence-corrected chi connectivity index (χ1v) is 10.9. The number of carbonyl (C=O) groups excluding carboxylic acids is 1. The fraction of sp³-hybridized carbons (Fsp3) is 0.400. The van der Waals surface area contributed by atoms with Crippen LogP contribution in [-0.2, 0) is 16.4 Å². The highest BCUT2D eigenvalue weighted by atomic mass is 32.2. The number of aromatic nitrogens is 1. The number of methoxy groups -OCH3 is 1. The van der Waals surface area contributed by atoms with Crippen molar-refractivity contribution in [3.63, 3.8) is 0 Å². The number of amides is 1. The van der Waals surface area contributed by atoms with Crippen molar-refractivity contribution in [1.29, 1.82) is 0 Å². The molecule has 0 bridgehead atoms. The molecule has 2 aliphatic rings. The third-order valence-electron chi connectivity index (χ3n) is 5.34. The minimum atomic E-state index is -3.48. The molecule has 0 atom stereocenters. The number of hydrogen-bond acceptors (Lipinski definition) is 5. The van der Waals surface area contributed by atoms with Crippen molar-refractivity contribution in [1.82, 2.24) is 9.29 Å². The van der Waals surface area contributed by atoms with Crippen LogP contribution in [0.4, 0.5) is 5.69 Å². The number of fused-ring (bicyclic) bond motifs is 1. The van der Waals surface area contributed by atoms with Gasteiger partial charge in [0.1, 0.15) is 5.56 Å². The monoisotopic (exact) mass is 401 g/mol. The number of ether oxygens (including phenoxy) is 1. The van der Waals surface area contributed by atoms with Crippen molar-refractivity contribution in [2.24, 2.45) is 0 Å². The van der Waals surface area contributed by atoms with E-state index in [4.69, 9.17) is 4.74 Å². The fourth-order valence-corrected chi connectivity index (χ4v) is 5.43. The molecule has 3 heterocycles. The third-order valence-corrected chi connectivity index (χ3v) is 7.23. The molecule has 0 saturated carbocycles. The predicted molar refractivity (Wildman–Crippen MR) is 105 cm³/mol. The molecule has 0 spiro atoms. The summed E-state index contributed by atoms with van der Waals surface area (Å²) in [7, 11) is -2.00. The van der Waals surface area contributed by atoms with Crippen LogP contribution in [0.15, 0.2) is 41.4 Å². The van der Waals surface area contributed by atoms with Crippen LogP contribution in [0.5, 0.6) is 5.88 Å². The number of sulfonamides is 1. The number of anilines is 1. The van der Waals surface area contributed by atoms with E-state index in [1.54, 1.807) is 45.7 Å². The number of rotatable bonds is 4. The van der Waals surface area contributed by atoms with Crippen LogP contribution < -0.4 is 9.64 Å². The highest BCUT2D eigenvalue weighted by Gasteiger charge is 2.31. The van der Waals surface area contributed by atoms with E-state index in [0.717, 1.165) is 30.5 Å². The maximum absolute atomic E-state index is 13.0. The van der Waals surface area contributed by atoms with E-state index in [1.807, 2.05) is 0 Å². The third kappa shape index (κ3) is 3.27. The van der Waals surface area contributed by atoms with E-state index in [-0.39, 0.29) is 11.8 Å². The van der Waals surface area contributed by atoms with Gasteiger partial charge in [0.2, 0.25) is 15.9 Å². The van der Waals surface area contributed by atoms with Gasteiger partial charge >= 0.3 is 0 Å². The molecule has 1 saturated heterocycles. The largest absolute Gasteiger partial charge is 0.480 e. The fourth-order valence-electron chi connectivity index (χ4n) is 3.87. The quantitative estimate of drug-likeness (QED) is 0.786. The Kier molecular flexibility index (Phi) is 5.07. The molecule has 2 aliphatic heterocycles. The number of carbonyl (C=O) groups is 1. The Morgan fingerprint density at radius 3 is 2.64 bits per heavy atom. The number of pyridine rings is 1. The average Bonchev–Trinajstić information content (AvgIpc) is 3.17. The number of benzene rings is 1. The summed E-state index contributed by atoms with van der Waals surface area (Å²) in [4.78, 5) is 19.1. The van der Waals surface area contributed by atoms with Crippen LogP contribution in [0.3, 0.4) is 0 Å². The minimum absolute atomic E-state index is 0.199. The SMILES string of the molecule is COc1ncccc1C(=O)N1CCc2cc(S(=O)(=O)N3CCCCC3)ccc21. The van der Waals surface area contributed by atoms with E-state index < -0.39 is 10.0 Å². The van der Waals surface area contributed by atoms with Crippen LogP contribution >= 0.6 is 0 Å². The maximum atomic E-state index is 13.0. The lowest BCUT2D eigenvalue weighted by molar-refractivity contribution is 0.0985. The standard InChI is InChI=1S/C20H23N3O4S/c1-27-19-17(6-5-10-21-19)20(24)23-13-9-15-14-16(7-8-18(15)23)28(25,26)22-11-3-2-4-12-22/h5-8,10,14H,2-4,9,11-13H2,1H3. The van der Waals surface area contributed by atoms with Gasteiger partial charge in [-0.05, 0) is 55.2 Å². The molecule has 0 N–H and O–H groups in total. The van der Waals surface area contributed by atoms with Crippen molar-refractivity contribution in [3.8, 4) is 5.88 Å². The van der Waals surface area contributed by atoms with Crippen LogP contribution in [0.25, 0.3) is 0 Å². The van der Waals surface area contributed by atoms with Crippen molar-refractivity contribution in [2.45, 2.75) is 30.6 Å². The van der Waals surface area contributed by atoms with E-state index in [9.17, 15) is 13.2 Å². The van der Waals surface area contributed by atoms with Crippen LogP contribution in [0, 0.1) is 0 Å². The number of hydrogen-bond donors (Lipinski definition) is 0. The Bertz CT molecular complexity index is 1000. The summed E-state index contributed by atoms with van der Waals surface area (Å²) in [6.07, 6.45) is 5.07. The summed E-state index contributed by atoms with van der Waals surface area (Å²) in [5.74, 6) is 0.0839. The Morgan fingerprint density at radius 1 is 1.11 bits per heavy atom. The van der Waals surface area contributed by atoms with Gasteiger partial charge in [-0.1, -0.05) is 6.42 Å². The Hall–Kier alpha value is -2.45. The second kappa shape index (κ2) is 7.52. The first kappa shape index (κ1) is 18.9. The Morgan fingerprint density at radius 2 is 1.89 bits per heavy atom. The average molecular weight is 401 g/mol. The van der Waals surface area contributed by atoms with Crippen LogP contribution in [0.2, 0.25) is 0 Å². The van der Waals surface area contributed by atoms with Crippen molar-refractivity contribution >= 4 is 21.6 Å². The van der Waals surface area contributed by atoms with Gasteiger partial charge < -0.3 is 9.64 Å². The molecule has 2 aromatic rings. The molecule has 0 unspecified atom stereocenters. The second-order valence-electron chi connectivity index (χ2n) is 7.02. The van der Waals surface area contributed by atoms with Crippen molar-refractivity contribution in [2.75, 3.05) is 31.6 Å². The Labute approximate surface area is 165 Å². The van der Waals surface area contributed by atoms with Gasteiger partial charge in [-0.3, -0.25) is 4.79 Å². The van der Waals surface area contributed by atoms with Crippen LogP contribution in [0.1, 0.15) is 35.2 Å². The van der Waals surface area contributed by atoms with Gasteiger partial charge in [-0.15, -0.1) is 0 Å². The molecular formula is C20H23N3O4S. The molecule has 7 nitrogen and oxygen atoms in total. The minimum Gasteiger partial charge on any atom is -0.480 e. The topological polar surface area (TPSA) is 79.8 Å². The van der Waals surface area contributed by atoms with Gasteiger partial charge in [-0.25, -0.2) is 13.4 Å². The van der Waals surface area contributed by atoms with Gasteiger partial charge in [0.25, 0.3) is 5.91 Å². The summed E-state index contributed by atoms with van der Waals surface area (Å²) in [6.45, 7) is 1.65. The molecule has 4 rings (SSSR count). The van der Waals surface area contributed by atoms with Gasteiger partial charge in [0.05, 0.1) is 12.0 Å². The van der Waals surface area contributed by atoms with Crippen molar-refractivity contribution < 1.29 is 17.9 Å². The van der Waals surface area contributed by atoms with E-state index >= 15 is 0 Å². The Balaban J connectivity index is 1.63. The van der Waals surface area contributed by atoms with Crippen molar-refractivity contribution in [3.05, 3.63) is 47.7 Å².